The number of pyridine rings is 1. The molecule has 0 spiro atoms. The van der Waals surface area contributed by atoms with Crippen LogP contribution in [0.5, 0.6) is 5.75 Å². The van der Waals surface area contributed by atoms with E-state index in [0.29, 0.717) is 28.3 Å². The van der Waals surface area contributed by atoms with Gasteiger partial charge in [-0.2, -0.15) is 0 Å². The van der Waals surface area contributed by atoms with Crippen molar-refractivity contribution in [1.82, 2.24) is 4.57 Å². The predicted octanol–water partition coefficient (Wildman–Crippen LogP) is 3.89. The summed E-state index contributed by atoms with van der Waals surface area (Å²) < 4.78 is 6.92. The topological polar surface area (TPSA) is 48.3 Å². The highest BCUT2D eigenvalue weighted by Crippen LogP contribution is 2.31. The maximum absolute atomic E-state index is 12.1. The molecule has 0 bridgehead atoms. The summed E-state index contributed by atoms with van der Waals surface area (Å²) in [6, 6.07) is 16.0. The maximum Gasteiger partial charge on any atom is 0.257 e. The Morgan fingerprint density at radius 2 is 1.83 bits per heavy atom. The Morgan fingerprint density at radius 3 is 2.52 bits per heavy atom. The number of hydrogen-bond donors (Lipinski definition) is 0. The van der Waals surface area contributed by atoms with Crippen LogP contribution >= 0.6 is 11.6 Å². The third-order valence-corrected chi connectivity index (χ3v) is 3.85. The molecule has 116 valence electrons. The van der Waals surface area contributed by atoms with Crippen molar-refractivity contribution in [3.8, 4) is 5.75 Å². The quantitative estimate of drug-likeness (QED) is 0.733. The van der Waals surface area contributed by atoms with Crippen molar-refractivity contribution in [3.05, 3.63) is 75.5 Å². The zero-order valence-electron chi connectivity index (χ0n) is 12.5. The highest BCUT2D eigenvalue weighted by atomic mass is 35.5. The second-order valence-corrected chi connectivity index (χ2v) is 5.52. The summed E-state index contributed by atoms with van der Waals surface area (Å²) in [5.41, 5.74) is 0.980. The first kappa shape index (κ1) is 15.3. The van der Waals surface area contributed by atoms with Crippen molar-refractivity contribution in [2.75, 3.05) is 0 Å². The van der Waals surface area contributed by atoms with Gasteiger partial charge in [-0.25, -0.2) is 4.57 Å². The number of fused-ring (bicyclic) bond motifs is 1. The standard InChI is InChI=1S/C18H14ClNO3/c1-12(21)20-17(22)10-7-14-15(19)8-9-16(18(14)20)23-11-13-5-3-2-4-6-13/h2-10H,11H2,1H3. The fraction of sp³-hybridized carbons (Fsp3) is 0.111. The van der Waals surface area contributed by atoms with Crippen molar-refractivity contribution in [2.24, 2.45) is 0 Å². The summed E-state index contributed by atoms with van der Waals surface area (Å²) in [6.45, 7) is 1.67. The van der Waals surface area contributed by atoms with Gasteiger partial charge < -0.3 is 4.74 Å². The van der Waals surface area contributed by atoms with Gasteiger partial charge in [0.2, 0.25) is 5.91 Å². The molecule has 5 heteroatoms. The van der Waals surface area contributed by atoms with Crippen LogP contribution in [0, 0.1) is 0 Å². The Bertz CT molecular complexity index is 932. The zero-order chi connectivity index (χ0) is 16.4. The van der Waals surface area contributed by atoms with E-state index in [1.807, 2.05) is 30.3 Å². The molecule has 0 saturated carbocycles. The van der Waals surface area contributed by atoms with Crippen LogP contribution < -0.4 is 10.3 Å². The lowest BCUT2D eigenvalue weighted by Crippen LogP contribution is -2.24. The maximum atomic E-state index is 12.1. The first-order valence-electron chi connectivity index (χ1n) is 7.10. The lowest BCUT2D eigenvalue weighted by Gasteiger charge is -2.14. The molecular weight excluding hydrogens is 314 g/mol. The third-order valence-electron chi connectivity index (χ3n) is 3.52. The third kappa shape index (κ3) is 2.98. The fourth-order valence-electron chi connectivity index (χ4n) is 2.46. The average Bonchev–Trinajstić information content (AvgIpc) is 2.54. The van der Waals surface area contributed by atoms with Crippen LogP contribution in [0.4, 0.5) is 0 Å². The molecule has 23 heavy (non-hydrogen) atoms. The molecule has 1 heterocycles. The van der Waals surface area contributed by atoms with E-state index < -0.39 is 5.56 Å². The van der Waals surface area contributed by atoms with Gasteiger partial charge in [0.15, 0.2) is 0 Å². The van der Waals surface area contributed by atoms with Crippen LogP contribution in [0.1, 0.15) is 17.3 Å². The number of hydrogen-bond acceptors (Lipinski definition) is 3. The molecule has 0 aliphatic heterocycles. The fourth-order valence-corrected chi connectivity index (χ4v) is 2.67. The van der Waals surface area contributed by atoms with Gasteiger partial charge in [-0.1, -0.05) is 41.9 Å². The van der Waals surface area contributed by atoms with Gasteiger partial charge >= 0.3 is 0 Å². The molecule has 0 radical (unpaired) electrons. The lowest BCUT2D eigenvalue weighted by atomic mass is 10.2. The van der Waals surface area contributed by atoms with Gasteiger partial charge in [-0.3, -0.25) is 9.59 Å². The molecule has 0 atom stereocenters. The smallest absolute Gasteiger partial charge is 0.257 e. The predicted molar refractivity (Wildman–Crippen MR) is 90.3 cm³/mol. The Hall–Kier alpha value is -2.59. The van der Waals surface area contributed by atoms with Crippen molar-refractivity contribution < 1.29 is 9.53 Å². The second-order valence-electron chi connectivity index (χ2n) is 5.11. The van der Waals surface area contributed by atoms with E-state index in [1.54, 1.807) is 18.2 Å². The molecule has 0 aliphatic carbocycles. The van der Waals surface area contributed by atoms with Crippen molar-refractivity contribution in [2.45, 2.75) is 13.5 Å². The number of rotatable bonds is 3. The lowest BCUT2D eigenvalue weighted by molar-refractivity contribution is 0.0937. The number of carbonyl (C=O) groups is 1. The Labute approximate surface area is 137 Å². The molecule has 0 aliphatic rings. The van der Waals surface area contributed by atoms with Crippen molar-refractivity contribution in [1.29, 1.82) is 0 Å². The van der Waals surface area contributed by atoms with E-state index in [2.05, 4.69) is 0 Å². The molecule has 2 aromatic carbocycles. The minimum atomic E-state index is -0.406. The minimum absolute atomic E-state index is 0.332. The van der Waals surface area contributed by atoms with E-state index in [1.165, 1.54) is 13.0 Å². The molecule has 3 rings (SSSR count). The highest BCUT2D eigenvalue weighted by molar-refractivity contribution is 6.35. The molecule has 4 nitrogen and oxygen atoms in total. The number of nitrogens with zero attached hydrogens (tertiary/aromatic N) is 1. The number of benzene rings is 2. The van der Waals surface area contributed by atoms with E-state index in [9.17, 15) is 9.59 Å². The molecule has 0 fully saturated rings. The van der Waals surface area contributed by atoms with Crippen LogP contribution in [0.2, 0.25) is 5.02 Å². The molecule has 0 N–H and O–H groups in total. The molecule has 0 saturated heterocycles. The van der Waals surface area contributed by atoms with Crippen LogP contribution in [-0.4, -0.2) is 10.5 Å². The number of aromatic nitrogens is 1. The molecule has 3 aromatic rings. The van der Waals surface area contributed by atoms with Crippen molar-refractivity contribution in [3.63, 3.8) is 0 Å². The van der Waals surface area contributed by atoms with Gasteiger partial charge in [-0.15, -0.1) is 0 Å². The molecule has 0 unspecified atom stereocenters. The van der Waals surface area contributed by atoms with Gasteiger partial charge in [-0.05, 0) is 23.8 Å². The Balaban J connectivity index is 2.13. The van der Waals surface area contributed by atoms with Crippen LogP contribution in [0.15, 0.2) is 59.4 Å². The zero-order valence-corrected chi connectivity index (χ0v) is 13.2. The summed E-state index contributed by atoms with van der Waals surface area (Å²) in [5, 5.41) is 1.06. The van der Waals surface area contributed by atoms with Crippen LogP contribution in [-0.2, 0) is 6.61 Å². The number of halogens is 1. The van der Waals surface area contributed by atoms with Gasteiger partial charge in [0.25, 0.3) is 5.56 Å². The SMILES string of the molecule is CC(=O)n1c(=O)ccc2c(Cl)ccc(OCc3ccccc3)c21. The summed E-state index contributed by atoms with van der Waals surface area (Å²) in [6.07, 6.45) is 0. The van der Waals surface area contributed by atoms with E-state index in [4.69, 9.17) is 16.3 Å². The monoisotopic (exact) mass is 327 g/mol. The molecular formula is C18H14ClNO3. The van der Waals surface area contributed by atoms with Crippen LogP contribution in [0.3, 0.4) is 0 Å². The molecule has 0 amide bonds. The summed E-state index contributed by atoms with van der Waals surface area (Å²) in [5.74, 6) is 0.0635. The second kappa shape index (κ2) is 6.26. The van der Waals surface area contributed by atoms with E-state index in [0.717, 1.165) is 10.1 Å². The van der Waals surface area contributed by atoms with Crippen LogP contribution in [0.25, 0.3) is 10.9 Å². The summed E-state index contributed by atoms with van der Waals surface area (Å²) in [7, 11) is 0. The number of ether oxygens (including phenoxy) is 1. The molecule has 1 aromatic heterocycles. The summed E-state index contributed by atoms with van der Waals surface area (Å²) in [4.78, 5) is 23.9. The summed E-state index contributed by atoms with van der Waals surface area (Å²) >= 11 is 6.19. The Morgan fingerprint density at radius 1 is 1.09 bits per heavy atom. The van der Waals surface area contributed by atoms with E-state index >= 15 is 0 Å². The van der Waals surface area contributed by atoms with Gasteiger partial charge in [0, 0.05) is 18.4 Å². The van der Waals surface area contributed by atoms with Crippen molar-refractivity contribution >= 4 is 28.4 Å². The average molecular weight is 328 g/mol. The minimum Gasteiger partial charge on any atom is -0.487 e. The largest absolute Gasteiger partial charge is 0.487 e. The normalized spacial score (nSPS) is 10.7. The van der Waals surface area contributed by atoms with Gasteiger partial charge in [0.05, 0.1) is 5.02 Å². The Kier molecular flexibility index (Phi) is 4.17. The van der Waals surface area contributed by atoms with E-state index in [-0.39, 0.29) is 5.91 Å². The first-order valence-corrected chi connectivity index (χ1v) is 7.47. The van der Waals surface area contributed by atoms with Gasteiger partial charge in [0.1, 0.15) is 17.9 Å². The first-order chi connectivity index (χ1) is 11.1. The number of carbonyl (C=O) groups excluding carboxylic acids is 1. The highest BCUT2D eigenvalue weighted by Gasteiger charge is 2.14.